The molecule has 0 radical (unpaired) electrons. The smallest absolute Gasteiger partial charge is 0.212 e. The summed E-state index contributed by atoms with van der Waals surface area (Å²) in [5.74, 6) is 0. The molecule has 0 fully saturated rings. The monoisotopic (exact) mass is 258 g/mol. The highest BCUT2D eigenvalue weighted by molar-refractivity contribution is 6.77. The molecule has 0 saturated heterocycles. The number of nitrogens with zero attached hydrogens (tertiary/aromatic N) is 2. The van der Waals surface area contributed by atoms with E-state index in [9.17, 15) is 0 Å². The molecule has 3 heteroatoms. The van der Waals surface area contributed by atoms with Crippen molar-refractivity contribution in [1.29, 1.82) is 0 Å². The second-order valence-corrected chi connectivity index (χ2v) is 10.5. The van der Waals surface area contributed by atoms with Crippen LogP contribution in [0.4, 0.5) is 0 Å². The van der Waals surface area contributed by atoms with Crippen molar-refractivity contribution in [2.24, 2.45) is 0 Å². The van der Waals surface area contributed by atoms with Gasteiger partial charge in [-0.1, -0.05) is 54.4 Å². The maximum absolute atomic E-state index is 2.79. The van der Waals surface area contributed by atoms with Gasteiger partial charge in [0.25, 0.3) is 0 Å². The summed E-state index contributed by atoms with van der Waals surface area (Å²) in [5.41, 5.74) is 1.65. The average Bonchev–Trinajstić information content (AvgIpc) is 2.33. The molecule has 2 unspecified atom stereocenters. The standard InChI is InChI=1S/C14H34N2Si/c1-9-13(5)17(15(7)8,14(6)10-2)16(11-3)12-4/h13-14H,9-12H2,1-8H3. The Kier molecular flexibility index (Phi) is 7.61. The van der Waals surface area contributed by atoms with Gasteiger partial charge in [0.2, 0.25) is 8.40 Å². The summed E-state index contributed by atoms with van der Waals surface area (Å²) in [7, 11) is 3.07. The summed E-state index contributed by atoms with van der Waals surface area (Å²) in [6.07, 6.45) is 2.59. The van der Waals surface area contributed by atoms with Crippen molar-refractivity contribution in [2.45, 2.75) is 65.5 Å². The van der Waals surface area contributed by atoms with E-state index in [1.807, 2.05) is 0 Å². The molecule has 2 atom stereocenters. The molecule has 0 amide bonds. The Hall–Kier alpha value is 0.137. The second-order valence-electron chi connectivity index (χ2n) is 5.47. The Morgan fingerprint density at radius 2 is 1.18 bits per heavy atom. The van der Waals surface area contributed by atoms with E-state index in [1.54, 1.807) is 0 Å². The zero-order valence-electron chi connectivity index (χ0n) is 13.4. The van der Waals surface area contributed by atoms with Crippen molar-refractivity contribution >= 4 is 8.40 Å². The molecule has 0 rings (SSSR count). The molecule has 104 valence electrons. The third-order valence-electron chi connectivity index (χ3n) is 4.66. The third kappa shape index (κ3) is 3.12. The number of rotatable bonds is 8. The van der Waals surface area contributed by atoms with Gasteiger partial charge in [-0.05, 0) is 38.3 Å². The Balaban J connectivity index is 5.53. The SMILES string of the molecule is CCC(C)[Si](C(C)CC)(N(C)C)N(CC)CC. The van der Waals surface area contributed by atoms with Gasteiger partial charge in [-0.15, -0.1) is 0 Å². The van der Waals surface area contributed by atoms with Crippen LogP contribution >= 0.6 is 0 Å². The summed E-state index contributed by atoms with van der Waals surface area (Å²) < 4.78 is 5.39. The van der Waals surface area contributed by atoms with Gasteiger partial charge in [-0.2, -0.15) is 0 Å². The lowest BCUT2D eigenvalue weighted by atomic mass is 10.3. The fraction of sp³-hybridized carbons (Fsp3) is 1.00. The maximum Gasteiger partial charge on any atom is 0.212 e. The molecular formula is C14H34N2Si. The van der Waals surface area contributed by atoms with Gasteiger partial charge < -0.3 is 9.13 Å². The van der Waals surface area contributed by atoms with Crippen LogP contribution < -0.4 is 0 Å². The van der Waals surface area contributed by atoms with Crippen molar-refractivity contribution in [2.75, 3.05) is 27.2 Å². The molecule has 0 aromatic heterocycles. The van der Waals surface area contributed by atoms with Crippen molar-refractivity contribution in [3.8, 4) is 0 Å². The van der Waals surface area contributed by atoms with Crippen LogP contribution in [0, 0.1) is 0 Å². The van der Waals surface area contributed by atoms with Gasteiger partial charge in [-0.25, -0.2) is 0 Å². The highest BCUT2D eigenvalue weighted by atomic mass is 28.4. The van der Waals surface area contributed by atoms with E-state index in [1.165, 1.54) is 25.9 Å². The molecule has 2 nitrogen and oxygen atoms in total. The largest absolute Gasteiger partial charge is 0.317 e. The Bertz CT molecular complexity index is 192. The molecule has 0 aliphatic carbocycles. The van der Waals surface area contributed by atoms with E-state index >= 15 is 0 Å². The van der Waals surface area contributed by atoms with Gasteiger partial charge in [0.15, 0.2) is 0 Å². The van der Waals surface area contributed by atoms with E-state index in [-0.39, 0.29) is 0 Å². The minimum absolute atomic E-state index is 0.826. The predicted molar refractivity (Wildman–Crippen MR) is 81.8 cm³/mol. The first-order valence-corrected chi connectivity index (χ1v) is 9.40. The van der Waals surface area contributed by atoms with Crippen molar-refractivity contribution in [1.82, 2.24) is 9.13 Å². The normalized spacial score (nSPS) is 19.4. The predicted octanol–water partition coefficient (Wildman–Crippen LogP) is 3.93. The van der Waals surface area contributed by atoms with E-state index in [0.29, 0.717) is 0 Å². The summed E-state index contributed by atoms with van der Waals surface area (Å²) in [6, 6.07) is 0. The summed E-state index contributed by atoms with van der Waals surface area (Å²) in [4.78, 5) is 0. The minimum atomic E-state index is -1.54. The van der Waals surface area contributed by atoms with E-state index < -0.39 is 8.40 Å². The molecule has 0 aliphatic heterocycles. The van der Waals surface area contributed by atoms with Crippen LogP contribution in [0.3, 0.4) is 0 Å². The minimum Gasteiger partial charge on any atom is -0.317 e. The molecule has 0 spiro atoms. The molecule has 0 aliphatic rings. The summed E-state index contributed by atoms with van der Waals surface area (Å²) in [6.45, 7) is 16.7. The zero-order chi connectivity index (χ0) is 13.6. The second kappa shape index (κ2) is 7.55. The van der Waals surface area contributed by atoms with Crippen LogP contribution in [0.25, 0.3) is 0 Å². The lowest BCUT2D eigenvalue weighted by Crippen LogP contribution is -2.67. The number of hydrogen-bond acceptors (Lipinski definition) is 2. The average molecular weight is 259 g/mol. The highest BCUT2D eigenvalue weighted by Crippen LogP contribution is 2.40. The maximum atomic E-state index is 2.79. The Morgan fingerprint density at radius 3 is 1.35 bits per heavy atom. The van der Waals surface area contributed by atoms with Crippen molar-refractivity contribution < 1.29 is 0 Å². The van der Waals surface area contributed by atoms with E-state index in [2.05, 4.69) is 64.8 Å². The fourth-order valence-corrected chi connectivity index (χ4v) is 10.4. The Labute approximate surface area is 111 Å². The lowest BCUT2D eigenvalue weighted by Gasteiger charge is -2.52. The first-order valence-electron chi connectivity index (χ1n) is 7.35. The molecule has 0 saturated carbocycles. The van der Waals surface area contributed by atoms with Crippen molar-refractivity contribution in [3.63, 3.8) is 0 Å². The zero-order valence-corrected chi connectivity index (χ0v) is 14.4. The van der Waals surface area contributed by atoms with Crippen LogP contribution in [-0.2, 0) is 0 Å². The molecular weight excluding hydrogens is 224 g/mol. The van der Waals surface area contributed by atoms with Crippen LogP contribution in [-0.4, -0.2) is 44.7 Å². The number of hydrogen-bond donors (Lipinski definition) is 0. The molecule has 0 N–H and O–H groups in total. The van der Waals surface area contributed by atoms with Gasteiger partial charge in [-0.3, -0.25) is 0 Å². The quantitative estimate of drug-likeness (QED) is 0.609. The Morgan fingerprint density at radius 1 is 0.824 bits per heavy atom. The first kappa shape index (κ1) is 17.1. The lowest BCUT2D eigenvalue weighted by molar-refractivity contribution is 0.361. The van der Waals surface area contributed by atoms with Crippen LogP contribution in [0.5, 0.6) is 0 Å². The van der Waals surface area contributed by atoms with Gasteiger partial charge in [0.05, 0.1) is 0 Å². The van der Waals surface area contributed by atoms with E-state index in [0.717, 1.165) is 11.1 Å². The van der Waals surface area contributed by atoms with Gasteiger partial charge in [0.1, 0.15) is 0 Å². The van der Waals surface area contributed by atoms with Gasteiger partial charge >= 0.3 is 0 Å². The van der Waals surface area contributed by atoms with Gasteiger partial charge in [0, 0.05) is 0 Å². The molecule has 0 aromatic rings. The molecule has 0 aromatic carbocycles. The molecule has 0 heterocycles. The fourth-order valence-electron chi connectivity index (χ4n) is 3.60. The molecule has 0 bridgehead atoms. The van der Waals surface area contributed by atoms with Crippen molar-refractivity contribution in [3.05, 3.63) is 0 Å². The first-order chi connectivity index (χ1) is 7.93. The summed E-state index contributed by atoms with van der Waals surface area (Å²) in [5, 5.41) is 0. The third-order valence-corrected chi connectivity index (χ3v) is 11.5. The van der Waals surface area contributed by atoms with E-state index in [4.69, 9.17) is 0 Å². The summed E-state index contributed by atoms with van der Waals surface area (Å²) >= 11 is 0. The highest BCUT2D eigenvalue weighted by Gasteiger charge is 2.49. The van der Waals surface area contributed by atoms with Crippen LogP contribution in [0.2, 0.25) is 11.1 Å². The van der Waals surface area contributed by atoms with Crippen LogP contribution in [0.1, 0.15) is 54.4 Å². The molecule has 17 heavy (non-hydrogen) atoms. The topological polar surface area (TPSA) is 6.48 Å². The van der Waals surface area contributed by atoms with Crippen LogP contribution in [0.15, 0.2) is 0 Å².